The van der Waals surface area contributed by atoms with Crippen molar-refractivity contribution in [1.29, 1.82) is 0 Å². The summed E-state index contributed by atoms with van der Waals surface area (Å²) in [7, 11) is -0.0146. The van der Waals surface area contributed by atoms with E-state index in [1.807, 2.05) is 0 Å². The number of ether oxygens (including phenoxy) is 5. The lowest BCUT2D eigenvalue weighted by molar-refractivity contribution is -0.207. The molecule has 3 aromatic carbocycles. The Morgan fingerprint density at radius 2 is 1.10 bits per heavy atom. The minimum Gasteiger partial charge on any atom is -0.452 e. The minimum atomic E-state index is -3.60. The lowest BCUT2D eigenvalue weighted by atomic mass is 10.1. The van der Waals surface area contributed by atoms with Crippen LogP contribution in [0.3, 0.4) is 0 Å². The number of rotatable bonds is 7. The van der Waals surface area contributed by atoms with Gasteiger partial charge in [-0.3, -0.25) is 0 Å². The average molecular weight is 588 g/mol. The number of halogens is 2. The Kier molecular flexibility index (Phi) is 9.87. The maximum absolute atomic E-state index is 13.1. The molecule has 0 spiro atoms. The SMILES string of the molecule is CC1(C)OCC(C(OC(=O)C(C)(F)F)C2COC(C)(C)O2)O1.c1ccc([S+](c2ccccc2)c2ccccc2)cc1. The van der Waals surface area contributed by atoms with Gasteiger partial charge < -0.3 is 23.7 Å². The topological polar surface area (TPSA) is 63.2 Å². The molecule has 2 aliphatic rings. The fourth-order valence-electron chi connectivity index (χ4n) is 4.45. The first-order chi connectivity index (χ1) is 19.3. The molecule has 2 saturated heterocycles. The molecule has 2 fully saturated rings. The van der Waals surface area contributed by atoms with E-state index in [-0.39, 0.29) is 24.1 Å². The first-order valence-corrected chi connectivity index (χ1v) is 14.7. The molecular formula is C32H37F2O6S+. The summed E-state index contributed by atoms with van der Waals surface area (Å²) < 4.78 is 53.3. The highest BCUT2D eigenvalue weighted by atomic mass is 32.2. The highest BCUT2D eigenvalue weighted by molar-refractivity contribution is 7.97. The van der Waals surface area contributed by atoms with Crippen LogP contribution in [0.1, 0.15) is 34.6 Å². The zero-order valence-electron chi connectivity index (χ0n) is 23.9. The Morgan fingerprint density at radius 1 is 0.756 bits per heavy atom. The van der Waals surface area contributed by atoms with Crippen LogP contribution in [0.25, 0.3) is 0 Å². The molecule has 0 aliphatic carbocycles. The van der Waals surface area contributed by atoms with E-state index in [1.54, 1.807) is 27.7 Å². The molecule has 3 aromatic rings. The number of carbonyl (C=O) groups is 1. The summed E-state index contributed by atoms with van der Waals surface area (Å²) in [6, 6.07) is 32.2. The zero-order chi connectivity index (χ0) is 29.7. The lowest BCUT2D eigenvalue weighted by Gasteiger charge is -2.29. The fourth-order valence-corrected chi connectivity index (χ4v) is 6.56. The number of hydrogen-bond donors (Lipinski definition) is 0. The van der Waals surface area contributed by atoms with Crippen LogP contribution in [0.4, 0.5) is 8.78 Å². The van der Waals surface area contributed by atoms with E-state index in [0.29, 0.717) is 6.92 Å². The second-order valence-corrected chi connectivity index (χ2v) is 12.8. The average Bonchev–Trinajstić information content (AvgIpc) is 3.49. The number of esters is 1. The molecule has 2 heterocycles. The van der Waals surface area contributed by atoms with Crippen LogP contribution in [0.2, 0.25) is 0 Å². The first kappa shape index (κ1) is 31.1. The molecule has 6 nitrogen and oxygen atoms in total. The molecule has 220 valence electrons. The lowest BCUT2D eigenvalue weighted by Crippen LogP contribution is -2.47. The molecule has 2 aliphatic heterocycles. The normalized spacial score (nSPS) is 22.0. The quantitative estimate of drug-likeness (QED) is 0.228. The van der Waals surface area contributed by atoms with Crippen LogP contribution in [-0.4, -0.2) is 55.0 Å². The van der Waals surface area contributed by atoms with Crippen molar-refractivity contribution in [1.82, 2.24) is 0 Å². The summed E-state index contributed by atoms with van der Waals surface area (Å²) in [6.07, 6.45) is -2.45. The Balaban J connectivity index is 0.000000191. The van der Waals surface area contributed by atoms with E-state index in [0.717, 1.165) is 0 Å². The number of hydrogen-bond acceptors (Lipinski definition) is 6. The second-order valence-electron chi connectivity index (χ2n) is 10.7. The Morgan fingerprint density at radius 3 is 1.37 bits per heavy atom. The van der Waals surface area contributed by atoms with E-state index in [4.69, 9.17) is 23.7 Å². The van der Waals surface area contributed by atoms with Gasteiger partial charge in [-0.15, -0.1) is 0 Å². The maximum atomic E-state index is 13.1. The number of carbonyl (C=O) groups excluding carboxylic acids is 1. The molecule has 0 saturated carbocycles. The summed E-state index contributed by atoms with van der Waals surface area (Å²) in [4.78, 5) is 15.6. The van der Waals surface area contributed by atoms with Gasteiger partial charge in [-0.25, -0.2) is 4.79 Å². The third-order valence-electron chi connectivity index (χ3n) is 6.33. The van der Waals surface area contributed by atoms with Crippen LogP contribution < -0.4 is 0 Å². The van der Waals surface area contributed by atoms with E-state index < -0.39 is 41.8 Å². The monoisotopic (exact) mass is 587 g/mol. The van der Waals surface area contributed by atoms with Gasteiger partial charge in [-0.05, 0) is 64.1 Å². The van der Waals surface area contributed by atoms with Crippen molar-refractivity contribution in [2.24, 2.45) is 0 Å². The van der Waals surface area contributed by atoms with Crippen molar-refractivity contribution in [3.8, 4) is 0 Å². The molecule has 0 radical (unpaired) electrons. The molecule has 5 rings (SSSR count). The molecule has 0 amide bonds. The predicted molar refractivity (Wildman–Crippen MR) is 152 cm³/mol. The highest BCUT2D eigenvalue weighted by Gasteiger charge is 2.49. The van der Waals surface area contributed by atoms with Crippen molar-refractivity contribution in [3.63, 3.8) is 0 Å². The molecule has 41 heavy (non-hydrogen) atoms. The van der Waals surface area contributed by atoms with Crippen LogP contribution in [0.5, 0.6) is 0 Å². The van der Waals surface area contributed by atoms with Crippen molar-refractivity contribution in [2.75, 3.05) is 13.2 Å². The summed E-state index contributed by atoms with van der Waals surface area (Å²) in [5.41, 5.74) is 0. The largest absolute Gasteiger partial charge is 0.452 e. The Bertz CT molecular complexity index is 1130. The van der Waals surface area contributed by atoms with Gasteiger partial charge >= 0.3 is 11.9 Å². The van der Waals surface area contributed by atoms with Crippen molar-refractivity contribution < 1.29 is 37.3 Å². The molecule has 9 heteroatoms. The van der Waals surface area contributed by atoms with E-state index in [1.165, 1.54) is 14.7 Å². The number of benzene rings is 3. The van der Waals surface area contributed by atoms with Gasteiger partial charge in [0, 0.05) is 6.92 Å². The predicted octanol–water partition coefficient (Wildman–Crippen LogP) is 6.64. The summed E-state index contributed by atoms with van der Waals surface area (Å²) in [5.74, 6) is -6.97. The summed E-state index contributed by atoms with van der Waals surface area (Å²) in [6.45, 7) is 7.47. The Labute approximate surface area is 243 Å². The van der Waals surface area contributed by atoms with Crippen molar-refractivity contribution in [3.05, 3.63) is 91.0 Å². The molecule has 2 unspecified atom stereocenters. The van der Waals surface area contributed by atoms with Gasteiger partial charge in [0.2, 0.25) is 0 Å². The van der Waals surface area contributed by atoms with Crippen LogP contribution in [0, 0.1) is 0 Å². The van der Waals surface area contributed by atoms with Gasteiger partial charge in [0.05, 0.1) is 24.1 Å². The van der Waals surface area contributed by atoms with Crippen LogP contribution in [0.15, 0.2) is 106 Å². The summed E-state index contributed by atoms with van der Waals surface area (Å²) in [5, 5.41) is 0. The maximum Gasteiger partial charge on any atom is 0.377 e. The summed E-state index contributed by atoms with van der Waals surface area (Å²) >= 11 is 0. The van der Waals surface area contributed by atoms with Gasteiger partial charge in [0.25, 0.3) is 0 Å². The smallest absolute Gasteiger partial charge is 0.377 e. The van der Waals surface area contributed by atoms with Gasteiger partial charge in [-0.1, -0.05) is 54.6 Å². The van der Waals surface area contributed by atoms with Crippen molar-refractivity contribution >= 4 is 16.9 Å². The Hall–Kier alpha value is -2.82. The van der Waals surface area contributed by atoms with Gasteiger partial charge in [0.1, 0.15) is 12.2 Å². The third-order valence-corrected chi connectivity index (χ3v) is 8.56. The fraction of sp³-hybridized carbons (Fsp3) is 0.406. The van der Waals surface area contributed by atoms with E-state index in [9.17, 15) is 13.6 Å². The van der Waals surface area contributed by atoms with Crippen molar-refractivity contribution in [2.45, 2.75) is 85.1 Å². The van der Waals surface area contributed by atoms with E-state index in [2.05, 4.69) is 91.0 Å². The van der Waals surface area contributed by atoms with Crippen LogP contribution >= 0.6 is 0 Å². The molecule has 0 N–H and O–H groups in total. The molecule has 2 atom stereocenters. The van der Waals surface area contributed by atoms with Gasteiger partial charge in [-0.2, -0.15) is 8.78 Å². The third kappa shape index (κ3) is 8.59. The standard InChI is InChI=1S/C18H15S.C14H22F2O6/c1-4-10-16(11-5-1)19(17-12-6-2-7-13-17)18-14-8-3-9-15-18;1-12(2)18-6-8(21-12)10(20-11(17)14(5,15)16)9-7-19-13(3,4)22-9/h1-15H;8-10H,6-7H2,1-5H3/q+1;. The minimum absolute atomic E-state index is 0.0146. The molecule has 0 bridgehead atoms. The van der Waals surface area contributed by atoms with Gasteiger partial charge in [0.15, 0.2) is 32.4 Å². The number of alkyl halides is 2. The zero-order valence-corrected chi connectivity index (χ0v) is 24.7. The second kappa shape index (κ2) is 13.0. The van der Waals surface area contributed by atoms with E-state index >= 15 is 0 Å². The molecular weight excluding hydrogens is 550 g/mol. The first-order valence-electron chi connectivity index (χ1n) is 13.5. The molecule has 0 aromatic heterocycles. The van der Waals surface area contributed by atoms with Crippen LogP contribution in [-0.2, 0) is 39.4 Å². The highest BCUT2D eigenvalue weighted by Crippen LogP contribution is 2.33.